The zero-order valence-electron chi connectivity index (χ0n) is 6.89. The van der Waals surface area contributed by atoms with Gasteiger partial charge in [-0.1, -0.05) is 17.3 Å². The number of rotatable bonds is 3. The molecule has 0 aromatic rings. The van der Waals surface area contributed by atoms with E-state index in [9.17, 15) is 0 Å². The maximum absolute atomic E-state index is 4.27. The molecule has 0 unspecified atom stereocenters. The average molecular weight is 170 g/mol. The molecule has 0 aliphatic carbocycles. The quantitative estimate of drug-likeness (QED) is 0.651. The molecule has 0 saturated heterocycles. The van der Waals surface area contributed by atoms with Crippen LogP contribution in [0.15, 0.2) is 17.1 Å². The van der Waals surface area contributed by atoms with Crippen LogP contribution in [-0.2, 0) is 0 Å². The van der Waals surface area contributed by atoms with E-state index in [0.29, 0.717) is 0 Å². The standard InChI is InChI=1S/C8H14N2S/c1-7(2)3-6-11-8-9-4-5-10-8/h1,3-6H2,2H3,(H,9,10). The predicted octanol–water partition coefficient (Wildman–Crippen LogP) is 1.64. The van der Waals surface area contributed by atoms with Gasteiger partial charge in [0.25, 0.3) is 0 Å². The molecule has 2 nitrogen and oxygen atoms in total. The summed E-state index contributed by atoms with van der Waals surface area (Å²) in [6.07, 6.45) is 1.09. The molecule has 1 aliphatic rings. The molecule has 0 aromatic carbocycles. The number of amidine groups is 1. The molecule has 3 heteroatoms. The fourth-order valence-corrected chi connectivity index (χ4v) is 1.83. The van der Waals surface area contributed by atoms with Crippen LogP contribution in [0.3, 0.4) is 0 Å². The summed E-state index contributed by atoms with van der Waals surface area (Å²) >= 11 is 1.79. The van der Waals surface area contributed by atoms with Crippen LogP contribution in [0.25, 0.3) is 0 Å². The van der Waals surface area contributed by atoms with E-state index in [-0.39, 0.29) is 0 Å². The highest BCUT2D eigenvalue weighted by Crippen LogP contribution is 2.09. The number of hydrogen-bond donors (Lipinski definition) is 1. The molecule has 62 valence electrons. The summed E-state index contributed by atoms with van der Waals surface area (Å²) in [6, 6.07) is 0. The normalized spacial score (nSPS) is 15.9. The lowest BCUT2D eigenvalue weighted by molar-refractivity contribution is 0.963. The summed E-state index contributed by atoms with van der Waals surface area (Å²) in [5.74, 6) is 1.10. The molecule has 0 aromatic heterocycles. The Kier molecular flexibility index (Phi) is 3.49. The Bertz CT molecular complexity index is 175. The van der Waals surface area contributed by atoms with Gasteiger partial charge in [-0.05, 0) is 13.3 Å². The van der Waals surface area contributed by atoms with Gasteiger partial charge in [-0.15, -0.1) is 6.58 Å². The first-order valence-corrected chi connectivity index (χ1v) is 4.83. The van der Waals surface area contributed by atoms with Crippen molar-refractivity contribution in [1.82, 2.24) is 5.32 Å². The van der Waals surface area contributed by atoms with E-state index in [1.807, 2.05) is 0 Å². The monoisotopic (exact) mass is 170 g/mol. The van der Waals surface area contributed by atoms with E-state index in [4.69, 9.17) is 0 Å². The summed E-state index contributed by atoms with van der Waals surface area (Å²) in [4.78, 5) is 4.27. The van der Waals surface area contributed by atoms with Crippen LogP contribution in [-0.4, -0.2) is 24.0 Å². The summed E-state index contributed by atoms with van der Waals surface area (Å²) in [5, 5.41) is 4.32. The lowest BCUT2D eigenvalue weighted by Crippen LogP contribution is -2.15. The second-order valence-corrected chi connectivity index (χ2v) is 3.75. The third-order valence-corrected chi connectivity index (χ3v) is 2.37. The van der Waals surface area contributed by atoms with Gasteiger partial charge in [0.05, 0.1) is 6.54 Å². The molecule has 11 heavy (non-hydrogen) atoms. The minimum absolute atomic E-state index is 0.940. The van der Waals surface area contributed by atoms with E-state index in [1.165, 1.54) is 5.57 Å². The number of hydrogen-bond acceptors (Lipinski definition) is 3. The average Bonchev–Trinajstić information content (AvgIpc) is 2.39. The van der Waals surface area contributed by atoms with Gasteiger partial charge in [-0.2, -0.15) is 0 Å². The van der Waals surface area contributed by atoms with Crippen LogP contribution < -0.4 is 5.32 Å². The van der Waals surface area contributed by atoms with Gasteiger partial charge in [0.2, 0.25) is 0 Å². The molecule has 0 bridgehead atoms. The molecule has 0 fully saturated rings. The van der Waals surface area contributed by atoms with Crippen LogP contribution in [0.2, 0.25) is 0 Å². The van der Waals surface area contributed by atoms with Crippen LogP contribution in [0.4, 0.5) is 0 Å². The second-order valence-electron chi connectivity index (χ2n) is 2.67. The summed E-state index contributed by atoms with van der Waals surface area (Å²) < 4.78 is 0. The van der Waals surface area contributed by atoms with E-state index in [1.54, 1.807) is 11.8 Å². The molecular formula is C8H14N2S. The molecule has 1 N–H and O–H groups in total. The highest BCUT2D eigenvalue weighted by molar-refractivity contribution is 8.13. The highest BCUT2D eigenvalue weighted by Gasteiger charge is 2.03. The maximum atomic E-state index is 4.27. The first kappa shape index (κ1) is 8.65. The molecule has 1 aliphatic heterocycles. The Labute approximate surface area is 72.2 Å². The van der Waals surface area contributed by atoms with Crippen molar-refractivity contribution >= 4 is 16.9 Å². The first-order chi connectivity index (χ1) is 5.29. The van der Waals surface area contributed by atoms with Crippen LogP contribution >= 0.6 is 11.8 Å². The number of nitrogens with one attached hydrogen (secondary N) is 1. The Morgan fingerprint density at radius 3 is 3.18 bits per heavy atom. The first-order valence-electron chi connectivity index (χ1n) is 3.84. The van der Waals surface area contributed by atoms with Gasteiger partial charge in [0.15, 0.2) is 5.17 Å². The van der Waals surface area contributed by atoms with Crippen molar-refractivity contribution in [1.29, 1.82) is 0 Å². The molecular weight excluding hydrogens is 156 g/mol. The number of aliphatic imine (C=N–C) groups is 1. The van der Waals surface area contributed by atoms with Crippen molar-refractivity contribution in [2.75, 3.05) is 18.8 Å². The van der Waals surface area contributed by atoms with Gasteiger partial charge in [0, 0.05) is 12.3 Å². The third-order valence-electron chi connectivity index (χ3n) is 1.41. The largest absolute Gasteiger partial charge is 0.363 e. The third kappa shape index (κ3) is 3.46. The lowest BCUT2D eigenvalue weighted by Gasteiger charge is -2.00. The minimum Gasteiger partial charge on any atom is -0.363 e. The number of allylic oxidation sites excluding steroid dienone is 1. The SMILES string of the molecule is C=C(C)CCSC1=NCCN1. The molecule has 0 atom stereocenters. The molecule has 0 amide bonds. The number of thioether (sulfide) groups is 1. The lowest BCUT2D eigenvalue weighted by atomic mass is 10.3. The van der Waals surface area contributed by atoms with Gasteiger partial charge in [0.1, 0.15) is 0 Å². The Morgan fingerprint density at radius 1 is 1.82 bits per heavy atom. The highest BCUT2D eigenvalue weighted by atomic mass is 32.2. The van der Waals surface area contributed by atoms with Crippen molar-refractivity contribution in [2.45, 2.75) is 13.3 Å². The number of nitrogens with zero attached hydrogens (tertiary/aromatic N) is 1. The molecule has 0 saturated carbocycles. The van der Waals surface area contributed by atoms with Crippen LogP contribution in [0.5, 0.6) is 0 Å². The van der Waals surface area contributed by atoms with Crippen molar-refractivity contribution in [3.05, 3.63) is 12.2 Å². The van der Waals surface area contributed by atoms with E-state index < -0.39 is 0 Å². The minimum atomic E-state index is 0.940. The van der Waals surface area contributed by atoms with E-state index >= 15 is 0 Å². The van der Waals surface area contributed by atoms with Crippen molar-refractivity contribution < 1.29 is 0 Å². The van der Waals surface area contributed by atoms with E-state index in [2.05, 4.69) is 23.8 Å². The topological polar surface area (TPSA) is 24.4 Å². The van der Waals surface area contributed by atoms with E-state index in [0.717, 1.165) is 30.4 Å². The molecule has 0 spiro atoms. The fourth-order valence-electron chi connectivity index (χ4n) is 0.795. The van der Waals surface area contributed by atoms with Gasteiger partial charge >= 0.3 is 0 Å². The Morgan fingerprint density at radius 2 is 2.64 bits per heavy atom. The van der Waals surface area contributed by atoms with Crippen LogP contribution in [0, 0.1) is 0 Å². The molecule has 1 rings (SSSR count). The van der Waals surface area contributed by atoms with Crippen LogP contribution in [0.1, 0.15) is 13.3 Å². The van der Waals surface area contributed by atoms with Gasteiger partial charge < -0.3 is 5.32 Å². The second kappa shape index (κ2) is 4.44. The zero-order valence-corrected chi connectivity index (χ0v) is 7.71. The smallest absolute Gasteiger partial charge is 0.156 e. The Balaban J connectivity index is 2.07. The van der Waals surface area contributed by atoms with Crippen molar-refractivity contribution in [2.24, 2.45) is 4.99 Å². The maximum Gasteiger partial charge on any atom is 0.156 e. The molecule has 0 radical (unpaired) electrons. The molecule has 1 heterocycles. The van der Waals surface area contributed by atoms with Gasteiger partial charge in [-0.25, -0.2) is 0 Å². The van der Waals surface area contributed by atoms with Crippen molar-refractivity contribution in [3.63, 3.8) is 0 Å². The summed E-state index contributed by atoms with van der Waals surface area (Å²) in [7, 11) is 0. The summed E-state index contributed by atoms with van der Waals surface area (Å²) in [5.41, 5.74) is 1.25. The Hall–Kier alpha value is -0.440. The van der Waals surface area contributed by atoms with Crippen molar-refractivity contribution in [3.8, 4) is 0 Å². The zero-order chi connectivity index (χ0) is 8.10. The van der Waals surface area contributed by atoms with Gasteiger partial charge in [-0.3, -0.25) is 4.99 Å². The fraction of sp³-hybridized carbons (Fsp3) is 0.625. The summed E-state index contributed by atoms with van der Waals surface area (Å²) in [6.45, 7) is 7.85. The predicted molar refractivity (Wildman–Crippen MR) is 52.2 cm³/mol.